The van der Waals surface area contributed by atoms with Crippen LogP contribution in [-0.4, -0.2) is 34.8 Å². The van der Waals surface area contributed by atoms with E-state index in [2.05, 4.69) is 10.3 Å². The van der Waals surface area contributed by atoms with Crippen LogP contribution in [0, 0.1) is 0 Å². The topological polar surface area (TPSA) is 88.3 Å². The number of hydrogen-bond acceptors (Lipinski definition) is 5. The number of nitrogens with zero attached hydrogens (tertiary/aromatic N) is 2. The minimum atomic E-state index is -0.394. The maximum absolute atomic E-state index is 12.4. The van der Waals surface area contributed by atoms with Gasteiger partial charge in [0.1, 0.15) is 17.2 Å². The highest BCUT2D eigenvalue weighted by atomic mass is 35.5. The van der Waals surface area contributed by atoms with Gasteiger partial charge in [-0.15, -0.1) is 11.3 Å². The maximum Gasteiger partial charge on any atom is 0.273 e. The largest absolute Gasteiger partial charge is 0.328 e. The number of rotatable bonds is 6. The third kappa shape index (κ3) is 4.45. The highest BCUT2D eigenvalue weighted by Crippen LogP contribution is 2.29. The van der Waals surface area contributed by atoms with Crippen molar-refractivity contribution in [3.8, 4) is 0 Å². The summed E-state index contributed by atoms with van der Waals surface area (Å²) in [6.07, 6.45) is 0. The molecule has 0 aliphatic carbocycles. The number of nitrogens with one attached hydrogen (secondary N) is 1. The summed E-state index contributed by atoms with van der Waals surface area (Å²) in [5, 5.41) is 5.60. The third-order valence-corrected chi connectivity index (χ3v) is 4.68. The van der Waals surface area contributed by atoms with Crippen molar-refractivity contribution in [2.45, 2.75) is 13.5 Å². The van der Waals surface area contributed by atoms with E-state index in [0.717, 1.165) is 0 Å². The molecule has 0 saturated heterocycles. The van der Waals surface area contributed by atoms with Crippen LogP contribution in [0.3, 0.4) is 0 Å². The van der Waals surface area contributed by atoms with Crippen LogP contribution < -0.4 is 11.1 Å². The summed E-state index contributed by atoms with van der Waals surface area (Å²) in [4.78, 5) is 30.2. The molecule has 2 amide bonds. The van der Waals surface area contributed by atoms with E-state index in [1.54, 1.807) is 30.5 Å². The molecule has 0 saturated carbocycles. The molecule has 1 aromatic carbocycles. The first-order chi connectivity index (χ1) is 11.5. The fourth-order valence-electron chi connectivity index (χ4n) is 1.96. The van der Waals surface area contributed by atoms with Crippen molar-refractivity contribution in [2.24, 2.45) is 5.73 Å². The van der Waals surface area contributed by atoms with E-state index in [0.29, 0.717) is 27.3 Å². The molecule has 0 radical (unpaired) electrons. The molecule has 3 N–H and O–H groups in total. The fourth-order valence-corrected chi connectivity index (χ4v) is 3.10. The summed E-state index contributed by atoms with van der Waals surface area (Å²) in [5.74, 6) is -0.719. The number of nitrogens with two attached hydrogens (primary N) is 1. The average Bonchev–Trinajstić information content (AvgIpc) is 3.04. The zero-order chi connectivity index (χ0) is 17.7. The second kappa shape index (κ2) is 8.43. The summed E-state index contributed by atoms with van der Waals surface area (Å²) in [6.45, 7) is 2.28. The molecule has 1 aromatic heterocycles. The number of thiazole rings is 1. The average molecular weight is 387 g/mol. The monoisotopic (exact) mass is 386 g/mol. The van der Waals surface area contributed by atoms with Gasteiger partial charge in [-0.2, -0.15) is 0 Å². The Hall–Kier alpha value is -1.67. The van der Waals surface area contributed by atoms with E-state index in [1.807, 2.05) is 0 Å². The molecule has 2 rings (SSSR count). The van der Waals surface area contributed by atoms with E-state index >= 15 is 0 Å². The molecule has 0 unspecified atom stereocenters. The molecule has 0 spiro atoms. The first kappa shape index (κ1) is 18.7. The maximum atomic E-state index is 12.4. The summed E-state index contributed by atoms with van der Waals surface area (Å²) in [5.41, 5.74) is 6.11. The van der Waals surface area contributed by atoms with Crippen LogP contribution in [0.5, 0.6) is 0 Å². The number of carbonyl (C=O) groups is 2. The van der Waals surface area contributed by atoms with Crippen LogP contribution in [0.2, 0.25) is 10.0 Å². The summed E-state index contributed by atoms with van der Waals surface area (Å²) >= 11 is 13.4. The lowest BCUT2D eigenvalue weighted by molar-refractivity contribution is -0.116. The highest BCUT2D eigenvalue weighted by molar-refractivity contribution is 7.09. The molecule has 0 atom stereocenters. The molecular formula is C15H16Cl2N4O2S. The standard InChI is InChI=1S/C15H16Cl2N4O2S/c1-2-21(15(23)11-8-24-13(6-18)19-11)7-12(22)20-14-9(16)4-3-5-10(14)17/h3-5,8H,2,6-7,18H2,1H3,(H,20,22). The lowest BCUT2D eigenvalue weighted by Gasteiger charge is -2.19. The van der Waals surface area contributed by atoms with Crippen molar-refractivity contribution in [1.29, 1.82) is 0 Å². The fraction of sp³-hybridized carbons (Fsp3) is 0.267. The number of hydrogen-bond donors (Lipinski definition) is 2. The van der Waals surface area contributed by atoms with Crippen LogP contribution in [0.15, 0.2) is 23.6 Å². The number of halogens is 2. The van der Waals surface area contributed by atoms with Crippen LogP contribution in [0.25, 0.3) is 0 Å². The van der Waals surface area contributed by atoms with Gasteiger partial charge in [0.2, 0.25) is 5.91 Å². The molecule has 0 aliphatic heterocycles. The van der Waals surface area contributed by atoms with Gasteiger partial charge in [0, 0.05) is 18.5 Å². The van der Waals surface area contributed by atoms with Crippen LogP contribution in [0.1, 0.15) is 22.4 Å². The van der Waals surface area contributed by atoms with Crippen molar-refractivity contribution in [2.75, 3.05) is 18.4 Å². The van der Waals surface area contributed by atoms with Gasteiger partial charge in [0.25, 0.3) is 5.91 Å². The van der Waals surface area contributed by atoms with Gasteiger partial charge in [-0.3, -0.25) is 9.59 Å². The Bertz CT molecular complexity index is 731. The first-order valence-corrected chi connectivity index (χ1v) is 8.77. The smallest absolute Gasteiger partial charge is 0.273 e. The minimum absolute atomic E-state index is 0.133. The number of aromatic nitrogens is 1. The predicted octanol–water partition coefficient (Wildman–Crippen LogP) is 3.01. The Balaban J connectivity index is 2.06. The van der Waals surface area contributed by atoms with E-state index < -0.39 is 5.91 Å². The second-order valence-electron chi connectivity index (χ2n) is 4.79. The lowest BCUT2D eigenvalue weighted by Crippen LogP contribution is -2.38. The first-order valence-electron chi connectivity index (χ1n) is 7.13. The van der Waals surface area contributed by atoms with E-state index in [9.17, 15) is 9.59 Å². The molecule has 0 bridgehead atoms. The molecular weight excluding hydrogens is 371 g/mol. The number of benzene rings is 1. The van der Waals surface area contributed by atoms with Crippen molar-refractivity contribution >= 4 is 52.0 Å². The number of para-hydroxylation sites is 1. The van der Waals surface area contributed by atoms with Gasteiger partial charge >= 0.3 is 0 Å². The number of carbonyl (C=O) groups excluding carboxylic acids is 2. The van der Waals surface area contributed by atoms with E-state index in [1.165, 1.54) is 16.2 Å². The van der Waals surface area contributed by atoms with Gasteiger partial charge in [-0.05, 0) is 19.1 Å². The zero-order valence-electron chi connectivity index (χ0n) is 12.9. The van der Waals surface area contributed by atoms with Gasteiger partial charge in [0.05, 0.1) is 15.7 Å². The number of amides is 2. The molecule has 6 nitrogen and oxygen atoms in total. The predicted molar refractivity (Wildman–Crippen MR) is 96.7 cm³/mol. The molecule has 0 aliphatic rings. The molecule has 24 heavy (non-hydrogen) atoms. The summed E-state index contributed by atoms with van der Waals surface area (Å²) < 4.78 is 0. The molecule has 9 heteroatoms. The van der Waals surface area contributed by atoms with Crippen molar-refractivity contribution in [1.82, 2.24) is 9.88 Å². The summed E-state index contributed by atoms with van der Waals surface area (Å²) in [7, 11) is 0. The van der Waals surface area contributed by atoms with Gasteiger partial charge in [-0.1, -0.05) is 29.3 Å². The van der Waals surface area contributed by atoms with Gasteiger partial charge in [-0.25, -0.2) is 4.98 Å². The van der Waals surface area contributed by atoms with Gasteiger partial charge < -0.3 is 16.0 Å². The van der Waals surface area contributed by atoms with E-state index in [-0.39, 0.29) is 24.7 Å². The molecule has 128 valence electrons. The van der Waals surface area contributed by atoms with Crippen LogP contribution in [-0.2, 0) is 11.3 Å². The lowest BCUT2D eigenvalue weighted by atomic mass is 10.3. The zero-order valence-corrected chi connectivity index (χ0v) is 15.2. The van der Waals surface area contributed by atoms with Crippen molar-refractivity contribution in [3.05, 3.63) is 44.3 Å². The Labute approximate surface area is 153 Å². The normalized spacial score (nSPS) is 10.5. The van der Waals surface area contributed by atoms with Gasteiger partial charge in [0.15, 0.2) is 0 Å². The molecule has 0 fully saturated rings. The number of likely N-dealkylation sites (N-methyl/N-ethyl adjacent to an activating group) is 1. The second-order valence-corrected chi connectivity index (χ2v) is 6.55. The Morgan fingerprint density at radius 1 is 1.33 bits per heavy atom. The summed E-state index contributed by atoms with van der Waals surface area (Å²) in [6, 6.07) is 4.92. The van der Waals surface area contributed by atoms with E-state index in [4.69, 9.17) is 28.9 Å². The minimum Gasteiger partial charge on any atom is -0.328 e. The highest BCUT2D eigenvalue weighted by Gasteiger charge is 2.20. The van der Waals surface area contributed by atoms with Crippen molar-refractivity contribution in [3.63, 3.8) is 0 Å². The SMILES string of the molecule is CCN(CC(=O)Nc1c(Cl)cccc1Cl)C(=O)c1csc(CN)n1. The van der Waals surface area contributed by atoms with Crippen molar-refractivity contribution < 1.29 is 9.59 Å². The Kier molecular flexibility index (Phi) is 6.56. The molecule has 1 heterocycles. The Morgan fingerprint density at radius 3 is 2.54 bits per heavy atom. The van der Waals surface area contributed by atoms with Crippen LogP contribution >= 0.6 is 34.5 Å². The molecule has 2 aromatic rings. The van der Waals surface area contributed by atoms with Crippen LogP contribution in [0.4, 0.5) is 5.69 Å². The Morgan fingerprint density at radius 2 is 2.00 bits per heavy atom. The number of anilines is 1. The third-order valence-electron chi connectivity index (χ3n) is 3.18. The quantitative estimate of drug-likeness (QED) is 0.798.